The minimum atomic E-state index is -0.323. The van der Waals surface area contributed by atoms with Gasteiger partial charge in [0, 0.05) is 12.0 Å². The van der Waals surface area contributed by atoms with Gasteiger partial charge < -0.3 is 5.73 Å². The Labute approximate surface area is 105 Å². The topological polar surface area (TPSA) is 38.4 Å². The van der Waals surface area contributed by atoms with Crippen LogP contribution in [0.15, 0.2) is 53.5 Å². The van der Waals surface area contributed by atoms with Gasteiger partial charge in [-0.25, -0.2) is 4.39 Å². The van der Waals surface area contributed by atoms with E-state index >= 15 is 0 Å². The zero-order chi connectivity index (χ0) is 12.5. The maximum Gasteiger partial charge on any atom is 0.128 e. The normalized spacial score (nSPS) is 18.1. The number of amidine groups is 1. The van der Waals surface area contributed by atoms with Gasteiger partial charge in [-0.2, -0.15) is 0 Å². The Kier molecular flexibility index (Phi) is 2.59. The fourth-order valence-electron chi connectivity index (χ4n) is 2.37. The summed E-state index contributed by atoms with van der Waals surface area (Å²) in [6.07, 6.45) is 0.640. The molecule has 2 N–H and O–H groups in total. The van der Waals surface area contributed by atoms with Crippen molar-refractivity contribution in [2.24, 2.45) is 10.7 Å². The molecule has 0 saturated carbocycles. The number of halogens is 1. The fourth-order valence-corrected chi connectivity index (χ4v) is 2.37. The van der Waals surface area contributed by atoms with Gasteiger partial charge in [0.1, 0.15) is 11.9 Å². The van der Waals surface area contributed by atoms with E-state index in [4.69, 9.17) is 5.73 Å². The number of nitrogens with two attached hydrogens (primary N) is 1. The van der Waals surface area contributed by atoms with Crippen LogP contribution < -0.4 is 5.73 Å². The lowest BCUT2D eigenvalue weighted by atomic mass is 9.90. The molecule has 0 fully saturated rings. The standard InChI is InChI=1S/C15H13FN2/c16-13-8-4-3-7-12(13)15-11-6-2-1-5-10(11)9-14(17)18-15/h1-8,15H,9H2,(H2,17,18). The van der Waals surface area contributed by atoms with Crippen LogP contribution in [-0.4, -0.2) is 5.84 Å². The SMILES string of the molecule is NC1=NC(c2ccccc2F)c2ccccc2C1. The van der Waals surface area contributed by atoms with Crippen LogP contribution in [0.5, 0.6) is 0 Å². The third-order valence-electron chi connectivity index (χ3n) is 3.22. The molecule has 0 aromatic heterocycles. The van der Waals surface area contributed by atoms with Crippen molar-refractivity contribution in [2.45, 2.75) is 12.5 Å². The summed E-state index contributed by atoms with van der Waals surface area (Å²) in [5.74, 6) is 0.317. The van der Waals surface area contributed by atoms with Crippen LogP contribution in [0.4, 0.5) is 4.39 Å². The van der Waals surface area contributed by atoms with Gasteiger partial charge in [-0.3, -0.25) is 4.99 Å². The minimum absolute atomic E-state index is 0.240. The maximum absolute atomic E-state index is 13.9. The number of hydrogen-bond acceptors (Lipinski definition) is 2. The van der Waals surface area contributed by atoms with Gasteiger partial charge in [0.05, 0.1) is 5.84 Å². The van der Waals surface area contributed by atoms with E-state index in [9.17, 15) is 4.39 Å². The third kappa shape index (κ3) is 1.78. The van der Waals surface area contributed by atoms with Gasteiger partial charge in [-0.1, -0.05) is 42.5 Å². The van der Waals surface area contributed by atoms with E-state index < -0.39 is 0 Å². The fraction of sp³-hybridized carbons (Fsp3) is 0.133. The van der Waals surface area contributed by atoms with Crippen molar-refractivity contribution >= 4 is 5.84 Å². The summed E-state index contributed by atoms with van der Waals surface area (Å²) in [6.45, 7) is 0. The zero-order valence-electron chi connectivity index (χ0n) is 9.81. The average Bonchev–Trinajstić information content (AvgIpc) is 2.38. The van der Waals surface area contributed by atoms with E-state index in [1.54, 1.807) is 12.1 Å². The molecule has 3 rings (SSSR count). The molecule has 0 radical (unpaired) electrons. The lowest BCUT2D eigenvalue weighted by molar-refractivity contribution is 0.598. The monoisotopic (exact) mass is 240 g/mol. The highest BCUT2D eigenvalue weighted by molar-refractivity contribution is 5.85. The lowest BCUT2D eigenvalue weighted by Crippen LogP contribution is -2.23. The molecule has 0 amide bonds. The van der Waals surface area contributed by atoms with Crippen molar-refractivity contribution in [3.63, 3.8) is 0 Å². The van der Waals surface area contributed by atoms with Crippen LogP contribution in [-0.2, 0) is 6.42 Å². The molecule has 3 heteroatoms. The predicted molar refractivity (Wildman–Crippen MR) is 70.0 cm³/mol. The minimum Gasteiger partial charge on any atom is -0.387 e. The van der Waals surface area contributed by atoms with Gasteiger partial charge in [0.2, 0.25) is 0 Å². The summed E-state index contributed by atoms with van der Waals surface area (Å²) in [5.41, 5.74) is 8.59. The molecule has 2 nitrogen and oxygen atoms in total. The van der Waals surface area contributed by atoms with E-state index in [2.05, 4.69) is 4.99 Å². The Morgan fingerprint density at radius 1 is 1.00 bits per heavy atom. The Balaban J connectivity index is 2.16. The highest BCUT2D eigenvalue weighted by Crippen LogP contribution is 2.33. The molecule has 1 aliphatic heterocycles. The molecule has 0 saturated heterocycles. The number of rotatable bonds is 1. The van der Waals surface area contributed by atoms with Crippen LogP contribution >= 0.6 is 0 Å². The number of benzene rings is 2. The summed E-state index contributed by atoms with van der Waals surface area (Å²) in [5, 5.41) is 0. The average molecular weight is 240 g/mol. The van der Waals surface area contributed by atoms with Gasteiger partial charge >= 0.3 is 0 Å². The van der Waals surface area contributed by atoms with Crippen molar-refractivity contribution in [3.05, 3.63) is 71.0 Å². The van der Waals surface area contributed by atoms with Crippen LogP contribution in [0, 0.1) is 5.82 Å². The quantitative estimate of drug-likeness (QED) is 0.817. The van der Waals surface area contributed by atoms with E-state index in [1.807, 2.05) is 30.3 Å². The van der Waals surface area contributed by atoms with E-state index in [0.717, 1.165) is 11.1 Å². The first-order valence-corrected chi connectivity index (χ1v) is 5.90. The summed E-state index contributed by atoms with van der Waals surface area (Å²) in [6, 6.07) is 14.3. The molecule has 2 aromatic carbocycles. The Morgan fingerprint density at radius 3 is 2.44 bits per heavy atom. The summed E-state index contributed by atoms with van der Waals surface area (Å²) >= 11 is 0. The van der Waals surface area contributed by atoms with E-state index in [1.165, 1.54) is 6.07 Å². The molecular weight excluding hydrogens is 227 g/mol. The summed E-state index contributed by atoms with van der Waals surface area (Å²) in [7, 11) is 0. The smallest absolute Gasteiger partial charge is 0.128 e. The van der Waals surface area contributed by atoms with Crippen molar-refractivity contribution < 1.29 is 4.39 Å². The number of aliphatic imine (C=N–C) groups is 1. The van der Waals surface area contributed by atoms with Crippen molar-refractivity contribution in [1.82, 2.24) is 0 Å². The maximum atomic E-state index is 13.9. The predicted octanol–water partition coefficient (Wildman–Crippen LogP) is 2.83. The third-order valence-corrected chi connectivity index (χ3v) is 3.22. The van der Waals surface area contributed by atoms with Crippen molar-refractivity contribution in [2.75, 3.05) is 0 Å². The molecule has 18 heavy (non-hydrogen) atoms. The van der Waals surface area contributed by atoms with E-state index in [0.29, 0.717) is 17.8 Å². The second-order valence-corrected chi connectivity index (χ2v) is 4.42. The van der Waals surface area contributed by atoms with E-state index in [-0.39, 0.29) is 11.9 Å². The molecule has 1 atom stereocenters. The first-order valence-electron chi connectivity index (χ1n) is 5.90. The molecular formula is C15H13FN2. The van der Waals surface area contributed by atoms with Gasteiger partial charge in [-0.15, -0.1) is 0 Å². The molecule has 90 valence electrons. The highest BCUT2D eigenvalue weighted by Gasteiger charge is 2.23. The molecule has 0 aliphatic carbocycles. The van der Waals surface area contributed by atoms with Crippen molar-refractivity contribution in [1.29, 1.82) is 0 Å². The Bertz CT molecular complexity index is 619. The van der Waals surface area contributed by atoms with Gasteiger partial charge in [0.25, 0.3) is 0 Å². The second kappa shape index (κ2) is 4.26. The van der Waals surface area contributed by atoms with Crippen LogP contribution in [0.25, 0.3) is 0 Å². The lowest BCUT2D eigenvalue weighted by Gasteiger charge is -2.23. The molecule has 0 spiro atoms. The molecule has 2 aromatic rings. The van der Waals surface area contributed by atoms with Gasteiger partial charge in [-0.05, 0) is 17.2 Å². The van der Waals surface area contributed by atoms with Crippen LogP contribution in [0.1, 0.15) is 22.7 Å². The number of fused-ring (bicyclic) bond motifs is 1. The number of nitrogens with zero attached hydrogens (tertiary/aromatic N) is 1. The van der Waals surface area contributed by atoms with Crippen LogP contribution in [0.3, 0.4) is 0 Å². The highest BCUT2D eigenvalue weighted by atomic mass is 19.1. The molecule has 1 heterocycles. The summed E-state index contributed by atoms with van der Waals surface area (Å²) < 4.78 is 13.9. The van der Waals surface area contributed by atoms with Gasteiger partial charge in [0.15, 0.2) is 0 Å². The number of hydrogen-bond donors (Lipinski definition) is 1. The first kappa shape index (κ1) is 11.0. The molecule has 0 bridgehead atoms. The Hall–Kier alpha value is -2.16. The van der Waals surface area contributed by atoms with Crippen LogP contribution in [0.2, 0.25) is 0 Å². The summed E-state index contributed by atoms with van der Waals surface area (Å²) in [4.78, 5) is 4.41. The largest absolute Gasteiger partial charge is 0.387 e. The zero-order valence-corrected chi connectivity index (χ0v) is 9.81. The molecule has 1 aliphatic rings. The molecule has 1 unspecified atom stereocenters. The van der Waals surface area contributed by atoms with Crippen molar-refractivity contribution in [3.8, 4) is 0 Å². The Morgan fingerprint density at radius 2 is 1.67 bits per heavy atom. The second-order valence-electron chi connectivity index (χ2n) is 4.42. The first-order chi connectivity index (χ1) is 8.75.